The third kappa shape index (κ3) is 4.04. The molecule has 1 unspecified atom stereocenters. The Bertz CT molecular complexity index is 550. The van der Waals surface area contributed by atoms with Crippen molar-refractivity contribution in [2.75, 3.05) is 7.05 Å². The predicted molar refractivity (Wildman–Crippen MR) is 81.2 cm³/mol. The number of hydrogen-bond donors (Lipinski definition) is 1. The Balaban J connectivity index is 2.05. The number of aromatic nitrogens is 2. The molecule has 0 fully saturated rings. The minimum absolute atomic E-state index is 0.277. The van der Waals surface area contributed by atoms with E-state index in [-0.39, 0.29) is 6.04 Å². The van der Waals surface area contributed by atoms with Gasteiger partial charge in [-0.1, -0.05) is 37.2 Å². The van der Waals surface area contributed by atoms with Gasteiger partial charge in [0.15, 0.2) is 12.4 Å². The van der Waals surface area contributed by atoms with Gasteiger partial charge in [0.1, 0.15) is 5.75 Å². The van der Waals surface area contributed by atoms with Crippen molar-refractivity contribution in [3.8, 4) is 5.75 Å². The van der Waals surface area contributed by atoms with Crippen LogP contribution < -0.4 is 10.1 Å². The van der Waals surface area contributed by atoms with Crippen LogP contribution in [-0.2, 0) is 13.0 Å². The van der Waals surface area contributed by atoms with Crippen LogP contribution in [0.4, 0.5) is 0 Å². The summed E-state index contributed by atoms with van der Waals surface area (Å²) in [7, 11) is 1.96. The largest absolute Gasteiger partial charge is 0.483 e. The molecule has 1 N–H and O–H groups in total. The zero-order valence-electron chi connectivity index (χ0n) is 12.9. The third-order valence-corrected chi connectivity index (χ3v) is 3.39. The first-order valence-electron chi connectivity index (χ1n) is 7.48. The number of benzene rings is 1. The minimum atomic E-state index is 0.277. The molecule has 2 aromatic rings. The molecule has 0 bridgehead atoms. The van der Waals surface area contributed by atoms with Crippen LogP contribution in [0.25, 0.3) is 0 Å². The predicted octanol–water partition coefficient (Wildman–Crippen LogP) is 3.27. The van der Waals surface area contributed by atoms with Crippen LogP contribution in [0.5, 0.6) is 5.75 Å². The van der Waals surface area contributed by atoms with Gasteiger partial charge in [0.05, 0.1) is 0 Å². The van der Waals surface area contributed by atoms with Crippen molar-refractivity contribution < 1.29 is 9.26 Å². The van der Waals surface area contributed by atoms with Gasteiger partial charge in [-0.3, -0.25) is 0 Å². The fraction of sp³-hybridized carbons (Fsp3) is 0.500. The summed E-state index contributed by atoms with van der Waals surface area (Å²) >= 11 is 0. The second-order valence-corrected chi connectivity index (χ2v) is 4.93. The van der Waals surface area contributed by atoms with Crippen molar-refractivity contribution in [2.45, 2.75) is 45.8 Å². The molecule has 0 spiro atoms. The quantitative estimate of drug-likeness (QED) is 0.808. The summed E-state index contributed by atoms with van der Waals surface area (Å²) in [5.41, 5.74) is 1.15. The van der Waals surface area contributed by atoms with Crippen LogP contribution >= 0.6 is 0 Å². The summed E-state index contributed by atoms with van der Waals surface area (Å²) in [6.07, 6.45) is 2.83. The number of aryl methyl sites for hydroxylation is 1. The standard InChI is InChI=1S/C16H23N3O2/c1-4-8-15-18-16(21-19-15)11-20-14-10-7-6-9-12(14)13(5-2)17-3/h6-7,9-10,13,17H,4-5,8,11H2,1-3H3. The van der Waals surface area contributed by atoms with Gasteiger partial charge in [-0.25, -0.2) is 0 Å². The molecule has 1 aromatic heterocycles. The number of nitrogens with zero attached hydrogens (tertiary/aromatic N) is 2. The van der Waals surface area contributed by atoms with E-state index in [4.69, 9.17) is 9.26 Å². The molecule has 0 aliphatic heterocycles. The van der Waals surface area contributed by atoms with Crippen LogP contribution in [0.15, 0.2) is 28.8 Å². The van der Waals surface area contributed by atoms with E-state index in [1.54, 1.807) is 0 Å². The molecule has 0 saturated carbocycles. The minimum Gasteiger partial charge on any atom is -0.483 e. The second kappa shape index (κ2) is 7.78. The maximum atomic E-state index is 5.86. The lowest BCUT2D eigenvalue weighted by Gasteiger charge is -2.18. The molecule has 0 aliphatic rings. The molecule has 1 aromatic carbocycles. The highest BCUT2D eigenvalue weighted by Crippen LogP contribution is 2.27. The van der Waals surface area contributed by atoms with Crippen LogP contribution in [0.1, 0.15) is 50.0 Å². The van der Waals surface area contributed by atoms with E-state index in [0.29, 0.717) is 12.5 Å². The molecular formula is C16H23N3O2. The van der Waals surface area contributed by atoms with Gasteiger partial charge >= 0.3 is 0 Å². The van der Waals surface area contributed by atoms with E-state index >= 15 is 0 Å². The third-order valence-electron chi connectivity index (χ3n) is 3.39. The van der Waals surface area contributed by atoms with Crippen LogP contribution in [0.2, 0.25) is 0 Å². The molecule has 5 nitrogen and oxygen atoms in total. The number of para-hydroxylation sites is 1. The van der Waals surface area contributed by atoms with Crippen LogP contribution in [-0.4, -0.2) is 17.2 Å². The molecule has 0 aliphatic carbocycles. The normalized spacial score (nSPS) is 12.3. The molecule has 0 saturated heterocycles. The molecule has 1 heterocycles. The summed E-state index contributed by atoms with van der Waals surface area (Å²) in [5, 5.41) is 7.23. The van der Waals surface area contributed by atoms with Crippen molar-refractivity contribution in [1.29, 1.82) is 0 Å². The highest BCUT2D eigenvalue weighted by Gasteiger charge is 2.13. The average molecular weight is 289 g/mol. The molecule has 114 valence electrons. The summed E-state index contributed by atoms with van der Waals surface area (Å²) < 4.78 is 11.1. The fourth-order valence-corrected chi connectivity index (χ4v) is 2.29. The van der Waals surface area contributed by atoms with E-state index in [0.717, 1.165) is 36.4 Å². The number of nitrogens with one attached hydrogen (secondary N) is 1. The fourth-order valence-electron chi connectivity index (χ4n) is 2.29. The Labute approximate surface area is 125 Å². The van der Waals surface area contributed by atoms with E-state index in [2.05, 4.69) is 35.4 Å². The highest BCUT2D eigenvalue weighted by atomic mass is 16.5. The first-order chi connectivity index (χ1) is 10.3. The van der Waals surface area contributed by atoms with Crippen molar-refractivity contribution >= 4 is 0 Å². The highest BCUT2D eigenvalue weighted by molar-refractivity contribution is 5.35. The smallest absolute Gasteiger partial charge is 0.264 e. The van der Waals surface area contributed by atoms with Gasteiger partial charge in [0, 0.05) is 18.0 Å². The summed E-state index contributed by atoms with van der Waals surface area (Å²) in [6, 6.07) is 8.32. The lowest BCUT2D eigenvalue weighted by atomic mass is 10.0. The molecule has 5 heteroatoms. The topological polar surface area (TPSA) is 60.2 Å². The molecular weight excluding hydrogens is 266 g/mol. The zero-order chi connectivity index (χ0) is 15.1. The maximum absolute atomic E-state index is 5.86. The monoisotopic (exact) mass is 289 g/mol. The lowest BCUT2D eigenvalue weighted by molar-refractivity contribution is 0.239. The Kier molecular flexibility index (Phi) is 5.75. The molecule has 2 rings (SSSR count). The summed E-state index contributed by atoms with van der Waals surface area (Å²) in [4.78, 5) is 4.31. The average Bonchev–Trinajstić information content (AvgIpc) is 2.96. The van der Waals surface area contributed by atoms with Gasteiger partial charge in [0.2, 0.25) is 0 Å². The SMILES string of the molecule is CCCc1noc(COc2ccccc2C(CC)NC)n1. The summed E-state index contributed by atoms with van der Waals surface area (Å²) in [5.74, 6) is 2.12. The number of rotatable bonds is 8. The van der Waals surface area contributed by atoms with Crippen molar-refractivity contribution in [1.82, 2.24) is 15.5 Å². The first kappa shape index (κ1) is 15.5. The van der Waals surface area contributed by atoms with Gasteiger partial charge < -0.3 is 14.6 Å². The second-order valence-electron chi connectivity index (χ2n) is 4.93. The van der Waals surface area contributed by atoms with Crippen molar-refractivity contribution in [2.24, 2.45) is 0 Å². The Morgan fingerprint density at radius 3 is 2.81 bits per heavy atom. The van der Waals surface area contributed by atoms with E-state index in [1.165, 1.54) is 0 Å². The number of hydrogen-bond acceptors (Lipinski definition) is 5. The Hall–Kier alpha value is -1.88. The molecule has 21 heavy (non-hydrogen) atoms. The van der Waals surface area contributed by atoms with Gasteiger partial charge in [0.25, 0.3) is 5.89 Å². The first-order valence-corrected chi connectivity index (χ1v) is 7.48. The maximum Gasteiger partial charge on any atom is 0.264 e. The lowest BCUT2D eigenvalue weighted by Crippen LogP contribution is -2.16. The van der Waals surface area contributed by atoms with E-state index in [9.17, 15) is 0 Å². The van der Waals surface area contributed by atoms with Crippen molar-refractivity contribution in [3.05, 3.63) is 41.5 Å². The van der Waals surface area contributed by atoms with E-state index < -0.39 is 0 Å². The molecule has 0 radical (unpaired) electrons. The van der Waals surface area contributed by atoms with Gasteiger partial charge in [-0.05, 0) is 26.0 Å². The summed E-state index contributed by atoms with van der Waals surface area (Å²) in [6.45, 7) is 4.53. The van der Waals surface area contributed by atoms with Crippen molar-refractivity contribution in [3.63, 3.8) is 0 Å². The molecule has 0 amide bonds. The number of ether oxygens (including phenoxy) is 1. The van der Waals surface area contributed by atoms with Crippen LogP contribution in [0.3, 0.4) is 0 Å². The zero-order valence-corrected chi connectivity index (χ0v) is 12.9. The van der Waals surface area contributed by atoms with Gasteiger partial charge in [-0.2, -0.15) is 4.98 Å². The molecule has 1 atom stereocenters. The van der Waals surface area contributed by atoms with E-state index in [1.807, 2.05) is 25.2 Å². The van der Waals surface area contributed by atoms with Gasteiger partial charge in [-0.15, -0.1) is 0 Å². The van der Waals surface area contributed by atoms with Crippen LogP contribution in [0, 0.1) is 0 Å². The Morgan fingerprint density at radius 2 is 2.10 bits per heavy atom. The Morgan fingerprint density at radius 1 is 1.29 bits per heavy atom.